The minimum atomic E-state index is -0.299. The highest BCUT2D eigenvalue weighted by Gasteiger charge is 2.11. The number of rotatable bonds is 4. The number of hydrogen-bond acceptors (Lipinski definition) is 4. The van der Waals surface area contributed by atoms with Crippen molar-refractivity contribution in [3.05, 3.63) is 76.0 Å². The molecule has 0 bridgehead atoms. The van der Waals surface area contributed by atoms with Crippen molar-refractivity contribution in [2.75, 3.05) is 0 Å². The summed E-state index contributed by atoms with van der Waals surface area (Å²) in [6.07, 6.45) is 0. The van der Waals surface area contributed by atoms with Crippen molar-refractivity contribution in [2.24, 2.45) is 0 Å². The summed E-state index contributed by atoms with van der Waals surface area (Å²) in [5.41, 5.74) is 2.35. The van der Waals surface area contributed by atoms with Crippen LogP contribution < -0.4 is 0 Å². The number of benzene rings is 2. The van der Waals surface area contributed by atoms with Gasteiger partial charge in [-0.2, -0.15) is 9.61 Å². The van der Waals surface area contributed by atoms with Gasteiger partial charge in [-0.25, -0.2) is 4.39 Å². The summed E-state index contributed by atoms with van der Waals surface area (Å²) in [4.78, 5) is 0. The average molecular weight is 405 g/mol. The highest BCUT2D eigenvalue weighted by Crippen LogP contribution is 2.28. The molecule has 8 heteroatoms. The average Bonchev–Trinajstić information content (AvgIpc) is 3.05. The number of thioether (sulfide) groups is 1. The van der Waals surface area contributed by atoms with Crippen molar-refractivity contribution in [3.8, 4) is 11.4 Å². The van der Waals surface area contributed by atoms with Gasteiger partial charge >= 0.3 is 0 Å². The Kier molecular flexibility index (Phi) is 4.80. The Morgan fingerprint density at radius 2 is 1.77 bits per heavy atom. The Balaban J connectivity index is 1.62. The van der Waals surface area contributed by atoms with Crippen LogP contribution in [0.1, 0.15) is 5.56 Å². The lowest BCUT2D eigenvalue weighted by molar-refractivity contribution is 0.628. The fraction of sp³-hybridized carbons (Fsp3) is 0.0556. The number of aromatic nitrogens is 4. The topological polar surface area (TPSA) is 43.1 Å². The minimum Gasteiger partial charge on any atom is -0.207 e. The van der Waals surface area contributed by atoms with Gasteiger partial charge in [0.25, 0.3) is 0 Å². The second-order valence-corrected chi connectivity index (χ2v) is 7.34. The van der Waals surface area contributed by atoms with Crippen molar-refractivity contribution in [1.29, 1.82) is 0 Å². The lowest BCUT2D eigenvalue weighted by atomic mass is 10.2. The van der Waals surface area contributed by atoms with Gasteiger partial charge < -0.3 is 0 Å². The third-order valence-electron chi connectivity index (χ3n) is 3.73. The van der Waals surface area contributed by atoms with E-state index < -0.39 is 0 Å². The maximum Gasteiger partial charge on any atom is 0.185 e. The van der Waals surface area contributed by atoms with Crippen molar-refractivity contribution < 1.29 is 4.39 Å². The van der Waals surface area contributed by atoms with E-state index in [-0.39, 0.29) is 5.82 Å². The van der Waals surface area contributed by atoms with E-state index in [1.165, 1.54) is 12.1 Å². The van der Waals surface area contributed by atoms with E-state index in [1.54, 1.807) is 34.5 Å². The maximum absolute atomic E-state index is 13.1. The fourth-order valence-corrected chi connectivity index (χ4v) is 3.83. The first-order valence-corrected chi connectivity index (χ1v) is 9.39. The summed E-state index contributed by atoms with van der Waals surface area (Å²) in [6, 6.07) is 15.2. The molecule has 130 valence electrons. The van der Waals surface area contributed by atoms with Crippen LogP contribution in [-0.4, -0.2) is 19.8 Å². The Morgan fingerprint density at radius 3 is 2.54 bits per heavy atom. The molecule has 0 aliphatic carbocycles. The van der Waals surface area contributed by atoms with Crippen LogP contribution in [0.15, 0.2) is 59.6 Å². The Morgan fingerprint density at radius 1 is 0.962 bits per heavy atom. The van der Waals surface area contributed by atoms with Crippen molar-refractivity contribution in [1.82, 2.24) is 19.8 Å². The Labute approximate surface area is 163 Å². The first kappa shape index (κ1) is 17.3. The normalized spacial score (nSPS) is 11.2. The van der Waals surface area contributed by atoms with Gasteiger partial charge in [0.05, 0.1) is 0 Å². The molecule has 2 aromatic carbocycles. The fourth-order valence-electron chi connectivity index (χ4n) is 2.42. The van der Waals surface area contributed by atoms with Crippen LogP contribution in [-0.2, 0) is 5.75 Å². The lowest BCUT2D eigenvalue weighted by Crippen LogP contribution is -1.97. The molecule has 0 N–H and O–H groups in total. The van der Waals surface area contributed by atoms with Crippen LogP contribution in [0.25, 0.3) is 17.0 Å². The smallest absolute Gasteiger partial charge is 0.185 e. The Hall–Kier alpha value is -2.15. The molecule has 0 fully saturated rings. The van der Waals surface area contributed by atoms with E-state index in [2.05, 4.69) is 15.3 Å². The van der Waals surface area contributed by atoms with Crippen LogP contribution in [0.5, 0.6) is 0 Å². The Bertz CT molecular complexity index is 1080. The van der Waals surface area contributed by atoms with Crippen LogP contribution in [0.4, 0.5) is 4.39 Å². The molecule has 26 heavy (non-hydrogen) atoms. The number of fused-ring (bicyclic) bond motifs is 1. The van der Waals surface area contributed by atoms with Gasteiger partial charge in [-0.3, -0.25) is 0 Å². The van der Waals surface area contributed by atoms with Crippen LogP contribution in [0.2, 0.25) is 10.0 Å². The second kappa shape index (κ2) is 7.23. The largest absolute Gasteiger partial charge is 0.207 e. The van der Waals surface area contributed by atoms with Crippen molar-refractivity contribution in [2.45, 2.75) is 10.8 Å². The predicted molar refractivity (Wildman–Crippen MR) is 102 cm³/mol. The van der Waals surface area contributed by atoms with Gasteiger partial charge in [0.2, 0.25) is 0 Å². The quantitative estimate of drug-likeness (QED) is 0.419. The zero-order chi connectivity index (χ0) is 18.1. The van der Waals surface area contributed by atoms with Gasteiger partial charge in [-0.05, 0) is 54.1 Å². The zero-order valence-electron chi connectivity index (χ0n) is 13.2. The number of hydrogen-bond donors (Lipinski definition) is 0. The molecule has 0 aliphatic heterocycles. The van der Waals surface area contributed by atoms with E-state index in [4.69, 9.17) is 23.2 Å². The first-order chi connectivity index (χ1) is 12.6. The molecule has 0 atom stereocenters. The maximum atomic E-state index is 13.1. The molecule has 2 heterocycles. The molecule has 4 aromatic rings. The monoisotopic (exact) mass is 404 g/mol. The number of halogens is 3. The summed E-state index contributed by atoms with van der Waals surface area (Å²) in [7, 11) is 0. The van der Waals surface area contributed by atoms with Crippen LogP contribution >= 0.6 is 35.0 Å². The van der Waals surface area contributed by atoms with Crippen molar-refractivity contribution >= 4 is 40.6 Å². The molecule has 0 spiro atoms. The summed E-state index contributed by atoms with van der Waals surface area (Å²) >= 11 is 13.7. The molecule has 4 rings (SSSR count). The highest BCUT2D eigenvalue weighted by molar-refractivity contribution is 7.98. The van der Waals surface area contributed by atoms with Gasteiger partial charge in [-0.1, -0.05) is 41.0 Å². The standard InChI is InChI=1S/C18H11Cl2FN4S/c19-13-4-1-12(15(20)9-13)10-26-17-8-7-16-22-23-18(25(16)24-17)11-2-5-14(21)6-3-11/h1-9H,10H2. The summed E-state index contributed by atoms with van der Waals surface area (Å²) in [6.45, 7) is 0. The minimum absolute atomic E-state index is 0.299. The molecule has 4 nitrogen and oxygen atoms in total. The molecule has 2 aromatic heterocycles. The lowest BCUT2D eigenvalue weighted by Gasteiger charge is -2.05. The molecular formula is C18H11Cl2FN4S. The van der Waals surface area contributed by atoms with E-state index in [0.29, 0.717) is 27.3 Å². The predicted octanol–water partition coefficient (Wildman–Crippen LogP) is 5.53. The molecule has 0 unspecified atom stereocenters. The molecular weight excluding hydrogens is 394 g/mol. The highest BCUT2D eigenvalue weighted by atomic mass is 35.5. The van der Waals surface area contributed by atoms with Gasteiger partial charge in [0.15, 0.2) is 11.5 Å². The second-order valence-electron chi connectivity index (χ2n) is 5.50. The molecule has 0 saturated heterocycles. The third-order valence-corrected chi connectivity index (χ3v) is 5.29. The SMILES string of the molecule is Fc1ccc(-c2nnc3ccc(SCc4ccc(Cl)cc4Cl)nn23)cc1. The van der Waals surface area contributed by atoms with Crippen LogP contribution in [0, 0.1) is 5.82 Å². The number of nitrogens with zero attached hydrogens (tertiary/aromatic N) is 4. The van der Waals surface area contributed by atoms with E-state index in [1.807, 2.05) is 24.3 Å². The van der Waals surface area contributed by atoms with Crippen molar-refractivity contribution in [3.63, 3.8) is 0 Å². The van der Waals surface area contributed by atoms with Crippen LogP contribution in [0.3, 0.4) is 0 Å². The summed E-state index contributed by atoms with van der Waals surface area (Å²) < 4.78 is 14.8. The summed E-state index contributed by atoms with van der Waals surface area (Å²) in [5, 5.41) is 14.9. The molecule has 0 radical (unpaired) electrons. The zero-order valence-corrected chi connectivity index (χ0v) is 15.6. The molecule has 0 saturated carbocycles. The van der Waals surface area contributed by atoms with E-state index >= 15 is 0 Å². The van der Waals surface area contributed by atoms with Gasteiger partial charge in [-0.15, -0.1) is 10.2 Å². The molecule has 0 aliphatic rings. The van der Waals surface area contributed by atoms with Gasteiger partial charge in [0.1, 0.15) is 10.8 Å². The third kappa shape index (κ3) is 3.53. The summed E-state index contributed by atoms with van der Waals surface area (Å²) in [5.74, 6) is 0.918. The van der Waals surface area contributed by atoms with E-state index in [9.17, 15) is 4.39 Å². The van der Waals surface area contributed by atoms with E-state index in [0.717, 1.165) is 16.2 Å². The molecule has 0 amide bonds. The first-order valence-electron chi connectivity index (χ1n) is 7.65. The van der Waals surface area contributed by atoms with Gasteiger partial charge in [0, 0.05) is 21.4 Å².